The Kier molecular flexibility index (Phi) is 5.09. The van der Waals surface area contributed by atoms with Gasteiger partial charge in [-0.05, 0) is 25.0 Å². The lowest BCUT2D eigenvalue weighted by molar-refractivity contribution is 0.0193. The van der Waals surface area contributed by atoms with Crippen molar-refractivity contribution in [3.8, 4) is 11.5 Å². The predicted octanol–water partition coefficient (Wildman–Crippen LogP) is 3.46. The van der Waals surface area contributed by atoms with Crippen molar-refractivity contribution in [1.82, 2.24) is 15.4 Å². The molecule has 1 aliphatic carbocycles. The van der Waals surface area contributed by atoms with Gasteiger partial charge in [0.1, 0.15) is 0 Å². The van der Waals surface area contributed by atoms with Crippen LogP contribution < -0.4 is 5.32 Å². The SMILES string of the molecule is Cl.c1coc(-c2cc(CN3CCNCC34CCCCC4)no2)c1. The van der Waals surface area contributed by atoms with Gasteiger partial charge in [0.2, 0.25) is 5.76 Å². The number of rotatable bonds is 3. The highest BCUT2D eigenvalue weighted by Crippen LogP contribution is 2.35. The molecule has 0 atom stereocenters. The number of halogens is 1. The van der Waals surface area contributed by atoms with E-state index < -0.39 is 0 Å². The fourth-order valence-corrected chi connectivity index (χ4v) is 3.95. The second kappa shape index (κ2) is 7.07. The van der Waals surface area contributed by atoms with Crippen molar-refractivity contribution in [2.75, 3.05) is 19.6 Å². The zero-order valence-electron chi connectivity index (χ0n) is 13.3. The molecule has 0 amide bonds. The zero-order valence-corrected chi connectivity index (χ0v) is 14.1. The lowest BCUT2D eigenvalue weighted by Crippen LogP contribution is -2.61. The number of nitrogens with zero attached hydrogens (tertiary/aromatic N) is 2. The Bertz CT molecular complexity index is 597. The normalized spacial score (nSPS) is 21.2. The number of hydrogen-bond donors (Lipinski definition) is 1. The van der Waals surface area contributed by atoms with Crippen molar-refractivity contribution in [2.45, 2.75) is 44.2 Å². The molecule has 2 aromatic rings. The number of piperazine rings is 1. The minimum Gasteiger partial charge on any atom is -0.461 e. The first-order valence-electron chi connectivity index (χ1n) is 8.31. The van der Waals surface area contributed by atoms with Crippen molar-refractivity contribution in [2.24, 2.45) is 0 Å². The smallest absolute Gasteiger partial charge is 0.202 e. The first kappa shape index (κ1) is 16.6. The van der Waals surface area contributed by atoms with Gasteiger partial charge in [-0.2, -0.15) is 0 Å². The molecule has 3 heterocycles. The van der Waals surface area contributed by atoms with E-state index in [9.17, 15) is 0 Å². The monoisotopic (exact) mass is 337 g/mol. The lowest BCUT2D eigenvalue weighted by Gasteiger charge is -2.49. The van der Waals surface area contributed by atoms with Crippen molar-refractivity contribution < 1.29 is 8.94 Å². The molecule has 0 unspecified atom stereocenters. The van der Waals surface area contributed by atoms with E-state index in [1.807, 2.05) is 18.2 Å². The number of hydrogen-bond acceptors (Lipinski definition) is 5. The fourth-order valence-electron chi connectivity index (χ4n) is 3.95. The summed E-state index contributed by atoms with van der Waals surface area (Å²) in [5.74, 6) is 1.46. The summed E-state index contributed by atoms with van der Waals surface area (Å²) < 4.78 is 10.8. The van der Waals surface area contributed by atoms with E-state index >= 15 is 0 Å². The summed E-state index contributed by atoms with van der Waals surface area (Å²) in [6.45, 7) is 4.12. The van der Waals surface area contributed by atoms with E-state index in [0.29, 0.717) is 11.3 Å². The molecule has 0 radical (unpaired) electrons. The Morgan fingerprint density at radius 1 is 1.22 bits per heavy atom. The van der Waals surface area contributed by atoms with Crippen LogP contribution in [0.4, 0.5) is 0 Å². The molecule has 1 N–H and O–H groups in total. The molecule has 23 heavy (non-hydrogen) atoms. The van der Waals surface area contributed by atoms with Crippen LogP contribution in [0.2, 0.25) is 0 Å². The molecular formula is C17H24ClN3O2. The molecule has 2 aromatic heterocycles. The molecule has 5 nitrogen and oxygen atoms in total. The van der Waals surface area contributed by atoms with Crippen LogP contribution in [0, 0.1) is 0 Å². The maximum absolute atomic E-state index is 5.44. The van der Waals surface area contributed by atoms with E-state index in [2.05, 4.69) is 15.4 Å². The third kappa shape index (κ3) is 3.32. The zero-order chi connectivity index (χ0) is 14.8. The molecule has 126 valence electrons. The molecule has 1 saturated heterocycles. The standard InChI is InChI=1S/C17H23N3O2.ClH/c1-2-6-17(7-3-1)13-18-8-9-20(17)12-14-11-16(22-19-14)15-5-4-10-21-15;/h4-5,10-11,18H,1-3,6-9,12-13H2;1H. The summed E-state index contributed by atoms with van der Waals surface area (Å²) in [5, 5.41) is 7.84. The molecule has 1 spiro atoms. The third-order valence-electron chi connectivity index (χ3n) is 5.14. The maximum Gasteiger partial charge on any atom is 0.202 e. The Morgan fingerprint density at radius 2 is 2.09 bits per heavy atom. The van der Waals surface area contributed by atoms with Crippen molar-refractivity contribution in [1.29, 1.82) is 0 Å². The Balaban J connectivity index is 0.00000156. The molecule has 4 rings (SSSR count). The van der Waals surface area contributed by atoms with Crippen LogP contribution in [0.15, 0.2) is 33.4 Å². The quantitative estimate of drug-likeness (QED) is 0.929. The molecular weight excluding hydrogens is 314 g/mol. The van der Waals surface area contributed by atoms with Gasteiger partial charge in [0.15, 0.2) is 5.76 Å². The van der Waals surface area contributed by atoms with Gasteiger partial charge in [0.05, 0.1) is 12.0 Å². The Morgan fingerprint density at radius 3 is 2.87 bits per heavy atom. The van der Waals surface area contributed by atoms with Gasteiger partial charge in [-0.3, -0.25) is 4.90 Å². The number of aromatic nitrogens is 1. The van der Waals surface area contributed by atoms with Gasteiger partial charge >= 0.3 is 0 Å². The van der Waals surface area contributed by atoms with Gasteiger partial charge in [0, 0.05) is 37.8 Å². The molecule has 2 aliphatic rings. The second-order valence-corrected chi connectivity index (χ2v) is 6.54. The van der Waals surface area contributed by atoms with Gasteiger partial charge in [-0.25, -0.2) is 0 Å². The van der Waals surface area contributed by atoms with Gasteiger partial charge in [-0.15, -0.1) is 12.4 Å². The predicted molar refractivity (Wildman–Crippen MR) is 90.5 cm³/mol. The van der Waals surface area contributed by atoms with Gasteiger partial charge in [-0.1, -0.05) is 24.4 Å². The fraction of sp³-hybridized carbons (Fsp3) is 0.588. The summed E-state index contributed by atoms with van der Waals surface area (Å²) in [6, 6.07) is 5.78. The minimum absolute atomic E-state index is 0. The summed E-state index contributed by atoms with van der Waals surface area (Å²) in [5.41, 5.74) is 1.32. The summed E-state index contributed by atoms with van der Waals surface area (Å²) in [6.07, 6.45) is 8.31. The highest BCUT2D eigenvalue weighted by Gasteiger charge is 2.39. The maximum atomic E-state index is 5.44. The second-order valence-electron chi connectivity index (χ2n) is 6.54. The Labute approximate surface area is 142 Å². The number of nitrogens with one attached hydrogen (secondary N) is 1. The largest absolute Gasteiger partial charge is 0.461 e. The van der Waals surface area contributed by atoms with Crippen LogP contribution in [0.1, 0.15) is 37.8 Å². The molecule has 1 aliphatic heterocycles. The average Bonchev–Trinajstić information content (AvgIpc) is 3.22. The van der Waals surface area contributed by atoms with Crippen LogP contribution in [0.3, 0.4) is 0 Å². The van der Waals surface area contributed by atoms with Crippen molar-refractivity contribution in [3.63, 3.8) is 0 Å². The van der Waals surface area contributed by atoms with Crippen LogP contribution in [-0.2, 0) is 6.54 Å². The van der Waals surface area contributed by atoms with Crippen LogP contribution in [0.25, 0.3) is 11.5 Å². The molecule has 1 saturated carbocycles. The summed E-state index contributed by atoms with van der Waals surface area (Å²) in [4.78, 5) is 2.62. The highest BCUT2D eigenvalue weighted by molar-refractivity contribution is 5.85. The van der Waals surface area contributed by atoms with Crippen LogP contribution in [-0.4, -0.2) is 35.2 Å². The topological polar surface area (TPSA) is 54.4 Å². The van der Waals surface area contributed by atoms with Crippen LogP contribution >= 0.6 is 12.4 Å². The molecule has 0 aromatic carbocycles. The summed E-state index contributed by atoms with van der Waals surface area (Å²) in [7, 11) is 0. The van der Waals surface area contributed by atoms with Crippen molar-refractivity contribution in [3.05, 3.63) is 30.2 Å². The van der Waals surface area contributed by atoms with E-state index in [0.717, 1.165) is 37.6 Å². The van der Waals surface area contributed by atoms with Gasteiger partial charge < -0.3 is 14.3 Å². The van der Waals surface area contributed by atoms with Crippen molar-refractivity contribution >= 4 is 12.4 Å². The highest BCUT2D eigenvalue weighted by atomic mass is 35.5. The Hall–Kier alpha value is -1.30. The third-order valence-corrected chi connectivity index (χ3v) is 5.14. The van der Waals surface area contributed by atoms with Crippen LogP contribution in [0.5, 0.6) is 0 Å². The van der Waals surface area contributed by atoms with E-state index in [4.69, 9.17) is 8.94 Å². The summed E-state index contributed by atoms with van der Waals surface area (Å²) >= 11 is 0. The van der Waals surface area contributed by atoms with E-state index in [1.54, 1.807) is 6.26 Å². The first-order chi connectivity index (χ1) is 10.9. The molecule has 0 bridgehead atoms. The lowest BCUT2D eigenvalue weighted by atomic mass is 9.79. The molecule has 6 heteroatoms. The average molecular weight is 338 g/mol. The van der Waals surface area contributed by atoms with E-state index in [-0.39, 0.29) is 12.4 Å². The first-order valence-corrected chi connectivity index (χ1v) is 8.31. The van der Waals surface area contributed by atoms with Gasteiger partial charge in [0.25, 0.3) is 0 Å². The number of furan rings is 1. The molecule has 2 fully saturated rings. The minimum atomic E-state index is 0. The van der Waals surface area contributed by atoms with E-state index in [1.165, 1.54) is 32.1 Å².